The van der Waals surface area contributed by atoms with E-state index in [1.54, 1.807) is 0 Å². The second-order valence-corrected chi connectivity index (χ2v) is 8.41. The highest BCUT2D eigenvalue weighted by atomic mass is 32.2. The van der Waals surface area contributed by atoms with E-state index in [-0.39, 0.29) is 5.41 Å². The summed E-state index contributed by atoms with van der Waals surface area (Å²) in [7, 11) is -2.81. The molecule has 0 heterocycles. The van der Waals surface area contributed by atoms with Crippen molar-refractivity contribution >= 4 is 9.84 Å². The van der Waals surface area contributed by atoms with Crippen LogP contribution >= 0.6 is 0 Å². The van der Waals surface area contributed by atoms with Crippen molar-refractivity contribution in [3.8, 4) is 0 Å². The molecule has 0 aliphatic heterocycles. The van der Waals surface area contributed by atoms with Crippen molar-refractivity contribution in [1.29, 1.82) is 0 Å². The molecule has 1 N–H and O–H groups in total. The van der Waals surface area contributed by atoms with E-state index in [4.69, 9.17) is 0 Å². The van der Waals surface area contributed by atoms with Gasteiger partial charge in [-0.05, 0) is 50.5 Å². The van der Waals surface area contributed by atoms with Gasteiger partial charge in [0.15, 0.2) is 0 Å². The third kappa shape index (κ3) is 5.27. The summed E-state index contributed by atoms with van der Waals surface area (Å²) >= 11 is 0. The van der Waals surface area contributed by atoms with Crippen LogP contribution in [-0.2, 0) is 9.84 Å². The lowest BCUT2D eigenvalue weighted by molar-refractivity contribution is 0.312. The molecule has 1 aliphatic rings. The van der Waals surface area contributed by atoms with E-state index < -0.39 is 9.84 Å². The smallest absolute Gasteiger partial charge is 0.150 e. The van der Waals surface area contributed by atoms with Gasteiger partial charge in [0, 0.05) is 11.8 Å². The molecule has 0 saturated heterocycles. The molecular weight excluding hydrogens is 246 g/mol. The largest absolute Gasteiger partial charge is 0.314 e. The third-order valence-corrected chi connectivity index (χ3v) is 5.91. The fourth-order valence-corrected chi connectivity index (χ4v) is 4.52. The molecule has 1 saturated carbocycles. The van der Waals surface area contributed by atoms with Gasteiger partial charge >= 0.3 is 0 Å². The number of nitrogens with one attached hydrogen (secondary N) is 1. The summed E-state index contributed by atoms with van der Waals surface area (Å²) in [6.07, 6.45) is 6.23. The maximum Gasteiger partial charge on any atom is 0.150 e. The second-order valence-electron chi connectivity index (χ2n) is 6.11. The fraction of sp³-hybridized carbons (Fsp3) is 1.00. The van der Waals surface area contributed by atoms with Gasteiger partial charge in [0.25, 0.3) is 0 Å². The van der Waals surface area contributed by atoms with Gasteiger partial charge in [0.05, 0.1) is 5.75 Å². The van der Waals surface area contributed by atoms with Gasteiger partial charge in [-0.2, -0.15) is 0 Å². The molecule has 108 valence electrons. The highest BCUT2D eigenvalue weighted by Crippen LogP contribution is 2.41. The van der Waals surface area contributed by atoms with Gasteiger partial charge in [-0.25, -0.2) is 8.42 Å². The molecule has 18 heavy (non-hydrogen) atoms. The second kappa shape index (κ2) is 6.90. The minimum Gasteiger partial charge on any atom is -0.314 e. The molecule has 0 radical (unpaired) electrons. The van der Waals surface area contributed by atoms with Crippen molar-refractivity contribution in [3.63, 3.8) is 0 Å². The highest BCUT2D eigenvalue weighted by molar-refractivity contribution is 7.91. The first-order chi connectivity index (χ1) is 8.41. The summed E-state index contributed by atoms with van der Waals surface area (Å²) in [5.74, 6) is 0.721. The monoisotopic (exact) mass is 275 g/mol. The first kappa shape index (κ1) is 16.0. The quantitative estimate of drug-likeness (QED) is 0.741. The van der Waals surface area contributed by atoms with Crippen molar-refractivity contribution in [3.05, 3.63) is 0 Å². The highest BCUT2D eigenvalue weighted by Gasteiger charge is 2.35. The van der Waals surface area contributed by atoms with Crippen LogP contribution in [0.15, 0.2) is 0 Å². The number of sulfone groups is 1. The summed E-state index contributed by atoms with van der Waals surface area (Å²) in [4.78, 5) is 0. The van der Waals surface area contributed by atoms with E-state index in [0.29, 0.717) is 17.5 Å². The van der Waals surface area contributed by atoms with Crippen LogP contribution in [0.4, 0.5) is 0 Å². The first-order valence-corrected chi connectivity index (χ1v) is 9.17. The summed E-state index contributed by atoms with van der Waals surface area (Å²) in [6, 6.07) is 0.601. The Morgan fingerprint density at radius 3 is 2.56 bits per heavy atom. The molecule has 4 heteroatoms. The van der Waals surface area contributed by atoms with Crippen molar-refractivity contribution in [2.45, 2.75) is 65.3 Å². The van der Waals surface area contributed by atoms with Crippen LogP contribution < -0.4 is 5.32 Å². The maximum absolute atomic E-state index is 11.8. The summed E-state index contributed by atoms with van der Waals surface area (Å²) in [5, 5.41) is 3.56. The van der Waals surface area contributed by atoms with Crippen molar-refractivity contribution in [2.24, 2.45) is 5.41 Å². The van der Waals surface area contributed by atoms with Crippen molar-refractivity contribution in [1.82, 2.24) is 5.32 Å². The lowest BCUT2D eigenvalue weighted by Crippen LogP contribution is -2.29. The Bertz CT molecular complexity index is 340. The van der Waals surface area contributed by atoms with Crippen LogP contribution in [0.3, 0.4) is 0 Å². The minimum absolute atomic E-state index is 0.228. The third-order valence-electron chi connectivity index (χ3n) is 4.05. The zero-order valence-electron chi connectivity index (χ0n) is 12.2. The molecule has 0 bridgehead atoms. The topological polar surface area (TPSA) is 46.2 Å². The average molecular weight is 275 g/mol. The van der Waals surface area contributed by atoms with E-state index >= 15 is 0 Å². The molecule has 1 rings (SSSR count). The van der Waals surface area contributed by atoms with Crippen molar-refractivity contribution < 1.29 is 8.42 Å². The Labute approximate surface area is 113 Å². The zero-order chi connectivity index (χ0) is 13.6. The first-order valence-electron chi connectivity index (χ1n) is 7.34. The SMILES string of the molecule is CCCNC1CCC(C)(CCS(=O)(=O)CCC)C1. The van der Waals surface area contributed by atoms with Gasteiger partial charge in [0.1, 0.15) is 9.84 Å². The minimum atomic E-state index is -2.81. The van der Waals surface area contributed by atoms with E-state index in [9.17, 15) is 8.42 Å². The molecule has 0 amide bonds. The summed E-state index contributed by atoms with van der Waals surface area (Å²) in [6.45, 7) is 7.44. The van der Waals surface area contributed by atoms with Crippen LogP contribution in [0, 0.1) is 5.41 Å². The Balaban J connectivity index is 2.38. The number of hydrogen-bond donors (Lipinski definition) is 1. The number of rotatable bonds is 8. The molecule has 1 aliphatic carbocycles. The molecule has 2 atom stereocenters. The van der Waals surface area contributed by atoms with Gasteiger partial charge in [-0.1, -0.05) is 20.8 Å². The molecule has 0 aromatic rings. The van der Waals surface area contributed by atoms with Gasteiger partial charge in [-0.15, -0.1) is 0 Å². The molecule has 3 nitrogen and oxygen atoms in total. The van der Waals surface area contributed by atoms with Crippen molar-refractivity contribution in [2.75, 3.05) is 18.1 Å². The molecule has 1 fully saturated rings. The Hall–Kier alpha value is -0.0900. The molecule has 0 aromatic carbocycles. The van der Waals surface area contributed by atoms with Gasteiger partial charge in [-0.3, -0.25) is 0 Å². The van der Waals surface area contributed by atoms with E-state index in [0.717, 1.165) is 38.6 Å². The standard InChI is InChI=1S/C14H29NO2S/c1-4-9-15-13-6-7-14(3,12-13)8-11-18(16,17)10-5-2/h13,15H,4-12H2,1-3H3. The van der Waals surface area contributed by atoms with Crippen LogP contribution in [0.2, 0.25) is 0 Å². The fourth-order valence-electron chi connectivity index (χ4n) is 2.89. The Kier molecular flexibility index (Phi) is 6.12. The Morgan fingerprint density at radius 1 is 1.22 bits per heavy atom. The normalized spacial score (nSPS) is 28.7. The van der Waals surface area contributed by atoms with Crippen LogP contribution in [0.1, 0.15) is 59.3 Å². The van der Waals surface area contributed by atoms with Gasteiger partial charge in [0.2, 0.25) is 0 Å². The lowest BCUT2D eigenvalue weighted by atomic mass is 9.86. The van der Waals surface area contributed by atoms with E-state index in [1.807, 2.05) is 6.92 Å². The zero-order valence-corrected chi connectivity index (χ0v) is 13.0. The lowest BCUT2D eigenvalue weighted by Gasteiger charge is -2.24. The van der Waals surface area contributed by atoms with Gasteiger partial charge < -0.3 is 5.32 Å². The molecule has 0 aromatic heterocycles. The maximum atomic E-state index is 11.8. The molecule has 2 unspecified atom stereocenters. The predicted octanol–water partition coefficient (Wildman–Crippen LogP) is 2.76. The van der Waals surface area contributed by atoms with Crippen LogP contribution in [0.25, 0.3) is 0 Å². The van der Waals surface area contributed by atoms with Crippen LogP contribution in [-0.4, -0.2) is 32.5 Å². The van der Waals surface area contributed by atoms with Crippen LogP contribution in [0.5, 0.6) is 0 Å². The number of hydrogen-bond acceptors (Lipinski definition) is 3. The average Bonchev–Trinajstić information content (AvgIpc) is 2.67. The molecule has 0 spiro atoms. The summed E-state index contributed by atoms with van der Waals surface area (Å²) < 4.78 is 23.5. The Morgan fingerprint density at radius 2 is 1.94 bits per heavy atom. The summed E-state index contributed by atoms with van der Waals surface area (Å²) in [5.41, 5.74) is 0.228. The van der Waals surface area contributed by atoms with E-state index in [1.165, 1.54) is 6.42 Å². The van der Waals surface area contributed by atoms with E-state index in [2.05, 4.69) is 19.2 Å². The predicted molar refractivity (Wildman–Crippen MR) is 77.6 cm³/mol. The molecular formula is C14H29NO2S.